The monoisotopic (exact) mass is 318 g/mol. The standard InChI is InChI=1S/C14H30N4O4/c15-2-1-6-19-10-14(11-20-7-3-16,12-21-8-4-17)13-22-9-5-18/h1,3-13,16-18H2. The Morgan fingerprint density at radius 1 is 0.682 bits per heavy atom. The normalized spacial score (nSPS) is 11.5. The van der Waals surface area contributed by atoms with Crippen LogP contribution in [0.4, 0.5) is 0 Å². The first-order valence-corrected chi connectivity index (χ1v) is 7.53. The number of nitrogens with zero attached hydrogens (tertiary/aromatic N) is 1. The van der Waals surface area contributed by atoms with Crippen LogP contribution in [0.1, 0.15) is 6.42 Å². The molecule has 0 unspecified atom stereocenters. The molecule has 0 fully saturated rings. The quantitative estimate of drug-likeness (QED) is 0.302. The Morgan fingerprint density at radius 3 is 1.36 bits per heavy atom. The molecular weight excluding hydrogens is 288 g/mol. The van der Waals surface area contributed by atoms with Crippen molar-refractivity contribution >= 4 is 0 Å². The first-order valence-electron chi connectivity index (χ1n) is 7.53. The van der Waals surface area contributed by atoms with Crippen molar-refractivity contribution in [3.8, 4) is 6.07 Å². The Morgan fingerprint density at radius 2 is 1.05 bits per heavy atom. The van der Waals surface area contributed by atoms with Crippen LogP contribution in [0.2, 0.25) is 0 Å². The molecule has 0 saturated heterocycles. The number of nitriles is 1. The fourth-order valence-corrected chi connectivity index (χ4v) is 1.77. The lowest BCUT2D eigenvalue weighted by Crippen LogP contribution is -2.43. The van der Waals surface area contributed by atoms with E-state index in [0.717, 1.165) is 0 Å². The van der Waals surface area contributed by atoms with Crippen molar-refractivity contribution in [1.82, 2.24) is 0 Å². The number of rotatable bonds is 16. The summed E-state index contributed by atoms with van der Waals surface area (Å²) in [5.74, 6) is 0. The second-order valence-corrected chi connectivity index (χ2v) is 4.98. The minimum Gasteiger partial charge on any atom is -0.380 e. The molecule has 0 radical (unpaired) electrons. The predicted octanol–water partition coefficient (Wildman–Crippen LogP) is -1.17. The summed E-state index contributed by atoms with van der Waals surface area (Å²) in [6, 6.07) is 2.04. The largest absolute Gasteiger partial charge is 0.380 e. The van der Waals surface area contributed by atoms with E-state index >= 15 is 0 Å². The summed E-state index contributed by atoms with van der Waals surface area (Å²) in [5.41, 5.74) is 15.9. The van der Waals surface area contributed by atoms with Gasteiger partial charge in [-0.25, -0.2) is 0 Å². The van der Waals surface area contributed by atoms with Gasteiger partial charge in [-0.3, -0.25) is 0 Å². The number of hydrogen-bond donors (Lipinski definition) is 3. The zero-order valence-corrected chi connectivity index (χ0v) is 13.3. The minimum absolute atomic E-state index is 0.340. The molecule has 8 nitrogen and oxygen atoms in total. The molecule has 0 aromatic rings. The zero-order valence-electron chi connectivity index (χ0n) is 13.3. The van der Waals surface area contributed by atoms with Gasteiger partial charge in [0.05, 0.1) is 70.8 Å². The summed E-state index contributed by atoms with van der Waals surface area (Å²) < 4.78 is 22.3. The van der Waals surface area contributed by atoms with E-state index in [1.807, 2.05) is 6.07 Å². The van der Waals surface area contributed by atoms with E-state index in [9.17, 15) is 0 Å². The smallest absolute Gasteiger partial charge is 0.0645 e. The molecule has 0 rings (SSSR count). The van der Waals surface area contributed by atoms with Crippen LogP contribution in [-0.2, 0) is 18.9 Å². The SMILES string of the molecule is N#CCCOCC(COCCN)(COCCN)COCCN. The molecule has 0 aliphatic rings. The number of nitrogens with two attached hydrogens (primary N) is 3. The van der Waals surface area contributed by atoms with E-state index in [4.69, 9.17) is 41.4 Å². The molecule has 22 heavy (non-hydrogen) atoms. The average Bonchev–Trinajstić information content (AvgIpc) is 2.52. The highest BCUT2D eigenvalue weighted by Crippen LogP contribution is 2.20. The lowest BCUT2D eigenvalue weighted by Gasteiger charge is -2.32. The highest BCUT2D eigenvalue weighted by atomic mass is 16.5. The van der Waals surface area contributed by atoms with Crippen molar-refractivity contribution in [2.24, 2.45) is 22.6 Å². The van der Waals surface area contributed by atoms with Crippen molar-refractivity contribution in [3.05, 3.63) is 0 Å². The molecule has 0 aliphatic carbocycles. The maximum Gasteiger partial charge on any atom is 0.0645 e. The summed E-state index contributed by atoms with van der Waals surface area (Å²) in [6.07, 6.45) is 0.340. The third-order valence-electron chi connectivity index (χ3n) is 2.78. The topological polar surface area (TPSA) is 139 Å². The summed E-state index contributed by atoms with van der Waals surface area (Å²) in [4.78, 5) is 0. The third kappa shape index (κ3) is 10.9. The Bertz CT molecular complexity index is 260. The highest BCUT2D eigenvalue weighted by Gasteiger charge is 2.32. The zero-order chi connectivity index (χ0) is 16.5. The molecule has 8 heteroatoms. The van der Waals surface area contributed by atoms with Gasteiger partial charge >= 0.3 is 0 Å². The predicted molar refractivity (Wildman–Crippen MR) is 83.1 cm³/mol. The summed E-state index contributed by atoms with van der Waals surface area (Å²) in [5, 5.41) is 8.57. The highest BCUT2D eigenvalue weighted by molar-refractivity contribution is 4.80. The first-order chi connectivity index (χ1) is 10.7. The van der Waals surface area contributed by atoms with Gasteiger partial charge in [0.2, 0.25) is 0 Å². The molecule has 0 saturated carbocycles. The first kappa shape index (κ1) is 21.2. The Balaban J connectivity index is 4.57. The fraction of sp³-hybridized carbons (Fsp3) is 0.929. The lowest BCUT2D eigenvalue weighted by molar-refractivity contribution is -0.104. The van der Waals surface area contributed by atoms with E-state index in [1.54, 1.807) is 0 Å². The van der Waals surface area contributed by atoms with Crippen molar-refractivity contribution in [2.75, 3.05) is 72.5 Å². The fourth-order valence-electron chi connectivity index (χ4n) is 1.77. The van der Waals surface area contributed by atoms with E-state index in [-0.39, 0.29) is 0 Å². The molecule has 130 valence electrons. The maximum absolute atomic E-state index is 8.57. The second-order valence-electron chi connectivity index (χ2n) is 4.98. The van der Waals surface area contributed by atoms with Gasteiger partial charge in [0.1, 0.15) is 0 Å². The van der Waals surface area contributed by atoms with Gasteiger partial charge in [-0.15, -0.1) is 0 Å². The molecular formula is C14H30N4O4. The number of ether oxygens (including phenoxy) is 4. The molecule has 0 aromatic carbocycles. The molecule has 0 amide bonds. The van der Waals surface area contributed by atoms with Crippen LogP contribution in [0, 0.1) is 16.7 Å². The van der Waals surface area contributed by atoms with Crippen LogP contribution in [0.5, 0.6) is 0 Å². The Hall–Kier alpha value is -0.790. The molecule has 0 aromatic heterocycles. The van der Waals surface area contributed by atoms with Gasteiger partial charge in [0.25, 0.3) is 0 Å². The average molecular weight is 318 g/mol. The van der Waals surface area contributed by atoms with Crippen molar-refractivity contribution in [3.63, 3.8) is 0 Å². The molecule has 0 atom stereocenters. The third-order valence-corrected chi connectivity index (χ3v) is 2.78. The van der Waals surface area contributed by atoms with Crippen LogP contribution >= 0.6 is 0 Å². The molecule has 0 heterocycles. The Kier molecular flexibility index (Phi) is 14.6. The van der Waals surface area contributed by atoms with E-state index in [1.165, 1.54) is 0 Å². The lowest BCUT2D eigenvalue weighted by atomic mass is 9.92. The summed E-state index contributed by atoms with van der Waals surface area (Å²) in [6.45, 7) is 4.60. The summed E-state index contributed by atoms with van der Waals surface area (Å²) in [7, 11) is 0. The van der Waals surface area contributed by atoms with Gasteiger partial charge in [-0.1, -0.05) is 0 Å². The Labute approximate surface area is 132 Å². The van der Waals surface area contributed by atoms with E-state index in [2.05, 4.69) is 0 Å². The van der Waals surface area contributed by atoms with Crippen LogP contribution in [0.3, 0.4) is 0 Å². The molecule has 0 aliphatic heterocycles. The van der Waals surface area contributed by atoms with Crippen molar-refractivity contribution in [2.45, 2.75) is 6.42 Å². The molecule has 0 bridgehead atoms. The van der Waals surface area contributed by atoms with Gasteiger partial charge in [-0.2, -0.15) is 5.26 Å². The molecule has 6 N–H and O–H groups in total. The maximum atomic E-state index is 8.57. The van der Waals surface area contributed by atoms with Crippen LogP contribution in [0.25, 0.3) is 0 Å². The van der Waals surface area contributed by atoms with Crippen molar-refractivity contribution in [1.29, 1.82) is 5.26 Å². The minimum atomic E-state index is -0.463. The molecule has 0 spiro atoms. The van der Waals surface area contributed by atoms with Gasteiger partial charge in [0.15, 0.2) is 0 Å². The second kappa shape index (κ2) is 15.1. The van der Waals surface area contributed by atoms with Crippen molar-refractivity contribution < 1.29 is 18.9 Å². The van der Waals surface area contributed by atoms with Crippen LogP contribution < -0.4 is 17.2 Å². The van der Waals surface area contributed by atoms with Crippen LogP contribution in [0.15, 0.2) is 0 Å². The van der Waals surface area contributed by atoms with Crippen LogP contribution in [-0.4, -0.2) is 72.5 Å². The van der Waals surface area contributed by atoms with Gasteiger partial charge < -0.3 is 36.1 Å². The van der Waals surface area contributed by atoms with E-state index < -0.39 is 5.41 Å². The van der Waals surface area contributed by atoms with E-state index in [0.29, 0.717) is 78.9 Å². The van der Waals surface area contributed by atoms with Gasteiger partial charge in [-0.05, 0) is 0 Å². The summed E-state index contributed by atoms with van der Waals surface area (Å²) >= 11 is 0. The van der Waals surface area contributed by atoms with Gasteiger partial charge in [0, 0.05) is 19.6 Å². The number of hydrogen-bond acceptors (Lipinski definition) is 8.